The largest absolute Gasteiger partial charge is 0.381 e. The van der Waals surface area contributed by atoms with Crippen molar-refractivity contribution in [3.05, 3.63) is 0 Å². The number of ether oxygens (including phenoxy) is 1. The van der Waals surface area contributed by atoms with Crippen molar-refractivity contribution in [2.24, 2.45) is 35.5 Å². The van der Waals surface area contributed by atoms with Crippen LogP contribution in [0.4, 0.5) is 0 Å². The molecule has 0 N–H and O–H groups in total. The molecule has 4 nitrogen and oxygen atoms in total. The standard InChI is InChI=1S/C13H25NO.C12H23N.C9H19N/c1-11(2)12-3-7-14(8-4-12)13-5-9-15-10-6-13;1-10(2)11-6-8-13(9-7-11)12-4-3-5-12;1-8(2)9-4-6-10(3)7-5-9/h11-13H,3-10H2,1-2H3;10-12H,3-9H2,1-2H3;8-9H,4-7H2,1-3H3. The summed E-state index contributed by atoms with van der Waals surface area (Å²) in [5, 5.41) is 0. The molecule has 0 aromatic carbocycles. The predicted octanol–water partition coefficient (Wildman–Crippen LogP) is 7.42. The highest BCUT2D eigenvalue weighted by Crippen LogP contribution is 2.31. The fraction of sp³-hybridized carbons (Fsp3) is 1.00. The van der Waals surface area contributed by atoms with Crippen molar-refractivity contribution in [3.63, 3.8) is 0 Å². The monoisotopic (exact) mass is 534 g/mol. The highest BCUT2D eigenvalue weighted by Gasteiger charge is 2.29. The molecule has 0 radical (unpaired) electrons. The van der Waals surface area contributed by atoms with Crippen LogP contribution >= 0.6 is 0 Å². The van der Waals surface area contributed by atoms with Gasteiger partial charge in [0.15, 0.2) is 0 Å². The molecular formula is C34H67N3O. The van der Waals surface area contributed by atoms with E-state index < -0.39 is 0 Å². The minimum Gasteiger partial charge on any atom is -0.381 e. The van der Waals surface area contributed by atoms with Crippen molar-refractivity contribution in [2.75, 3.05) is 59.5 Å². The lowest BCUT2D eigenvalue weighted by atomic mass is 9.84. The van der Waals surface area contributed by atoms with Gasteiger partial charge < -0.3 is 19.4 Å². The van der Waals surface area contributed by atoms with Crippen molar-refractivity contribution < 1.29 is 4.74 Å². The normalized spacial score (nSPS) is 26.7. The molecule has 4 aliphatic heterocycles. The molecule has 0 aromatic rings. The zero-order valence-corrected chi connectivity index (χ0v) is 26.8. The van der Waals surface area contributed by atoms with Gasteiger partial charge in [-0.2, -0.15) is 0 Å². The van der Waals surface area contributed by atoms with Crippen molar-refractivity contribution in [2.45, 2.75) is 124 Å². The van der Waals surface area contributed by atoms with Gasteiger partial charge >= 0.3 is 0 Å². The van der Waals surface area contributed by atoms with Crippen molar-refractivity contribution in [3.8, 4) is 0 Å². The van der Waals surface area contributed by atoms with Crippen molar-refractivity contribution >= 4 is 0 Å². The van der Waals surface area contributed by atoms with Gasteiger partial charge in [-0.25, -0.2) is 0 Å². The Kier molecular flexibility index (Phi) is 14.4. The predicted molar refractivity (Wildman–Crippen MR) is 165 cm³/mol. The number of hydrogen-bond acceptors (Lipinski definition) is 4. The zero-order chi connectivity index (χ0) is 27.5. The van der Waals surface area contributed by atoms with E-state index in [-0.39, 0.29) is 0 Å². The van der Waals surface area contributed by atoms with E-state index in [1.807, 2.05) is 0 Å². The van der Waals surface area contributed by atoms with Crippen LogP contribution in [-0.4, -0.2) is 86.3 Å². The van der Waals surface area contributed by atoms with Gasteiger partial charge in [-0.15, -0.1) is 0 Å². The summed E-state index contributed by atoms with van der Waals surface area (Å²) >= 11 is 0. The summed E-state index contributed by atoms with van der Waals surface area (Å²) in [5.41, 5.74) is 0. The molecular weight excluding hydrogens is 466 g/mol. The highest BCUT2D eigenvalue weighted by atomic mass is 16.5. The Hall–Kier alpha value is -0.160. The molecule has 0 amide bonds. The topological polar surface area (TPSA) is 19.0 Å². The molecule has 0 unspecified atom stereocenters. The van der Waals surface area contributed by atoms with Gasteiger partial charge in [0.05, 0.1) is 0 Å². The third-order valence-electron chi connectivity index (χ3n) is 11.0. The van der Waals surface area contributed by atoms with Crippen LogP contribution < -0.4 is 0 Å². The quantitative estimate of drug-likeness (QED) is 0.366. The van der Waals surface area contributed by atoms with E-state index in [0.717, 1.165) is 60.8 Å². The summed E-state index contributed by atoms with van der Waals surface area (Å²) in [6.45, 7) is 24.2. The van der Waals surface area contributed by atoms with Gasteiger partial charge in [0.1, 0.15) is 0 Å². The van der Waals surface area contributed by atoms with Crippen LogP contribution in [0.15, 0.2) is 0 Å². The summed E-state index contributed by atoms with van der Waals surface area (Å²) in [4.78, 5) is 7.88. The van der Waals surface area contributed by atoms with Gasteiger partial charge in [-0.3, -0.25) is 0 Å². The van der Waals surface area contributed by atoms with Crippen molar-refractivity contribution in [1.29, 1.82) is 0 Å². The minimum absolute atomic E-state index is 0.826. The molecule has 4 saturated heterocycles. The first-order valence-electron chi connectivity index (χ1n) is 17.0. The van der Waals surface area contributed by atoms with E-state index >= 15 is 0 Å². The zero-order valence-electron chi connectivity index (χ0n) is 26.8. The fourth-order valence-corrected chi connectivity index (χ4v) is 7.40. The average molecular weight is 534 g/mol. The Morgan fingerprint density at radius 1 is 0.474 bits per heavy atom. The molecule has 0 spiro atoms. The van der Waals surface area contributed by atoms with Crippen molar-refractivity contribution in [1.82, 2.24) is 14.7 Å². The summed E-state index contributed by atoms with van der Waals surface area (Å²) in [7, 11) is 2.22. The van der Waals surface area contributed by atoms with Gasteiger partial charge in [-0.05, 0) is 146 Å². The molecule has 5 aliphatic rings. The molecule has 38 heavy (non-hydrogen) atoms. The Morgan fingerprint density at radius 3 is 1.13 bits per heavy atom. The molecule has 5 fully saturated rings. The second-order valence-corrected chi connectivity index (χ2v) is 14.5. The van der Waals surface area contributed by atoms with E-state index in [1.165, 1.54) is 110 Å². The first-order valence-corrected chi connectivity index (χ1v) is 17.0. The summed E-state index contributed by atoms with van der Waals surface area (Å²) in [6, 6.07) is 1.81. The minimum atomic E-state index is 0.826. The van der Waals surface area contributed by atoms with E-state index in [1.54, 1.807) is 0 Å². The maximum atomic E-state index is 5.42. The second-order valence-electron chi connectivity index (χ2n) is 14.5. The van der Waals surface area contributed by atoms with Crippen LogP contribution in [0.1, 0.15) is 112 Å². The number of likely N-dealkylation sites (tertiary alicyclic amines) is 3. The number of hydrogen-bond donors (Lipinski definition) is 0. The average Bonchev–Trinajstić information content (AvgIpc) is 2.90. The van der Waals surface area contributed by atoms with Crippen LogP contribution in [0.25, 0.3) is 0 Å². The lowest BCUT2D eigenvalue weighted by Gasteiger charge is -2.42. The molecule has 224 valence electrons. The highest BCUT2D eigenvalue weighted by molar-refractivity contribution is 4.84. The summed E-state index contributed by atoms with van der Waals surface area (Å²) in [5.74, 6) is 5.66. The van der Waals surface area contributed by atoms with Crippen LogP contribution in [0.3, 0.4) is 0 Å². The van der Waals surface area contributed by atoms with E-state index in [9.17, 15) is 0 Å². The van der Waals surface area contributed by atoms with E-state index in [4.69, 9.17) is 4.74 Å². The molecule has 0 bridgehead atoms. The third-order valence-corrected chi connectivity index (χ3v) is 11.0. The SMILES string of the molecule is CC(C)C1CCN(C)CC1.CC(C)C1CCN(C2CCC2)CC1.CC(C)C1CCN(C2CCOCC2)CC1. The maximum absolute atomic E-state index is 5.42. The first kappa shape index (κ1) is 32.4. The molecule has 4 heteroatoms. The summed E-state index contributed by atoms with van der Waals surface area (Å²) in [6.07, 6.45) is 15.5. The number of piperidine rings is 3. The lowest BCUT2D eigenvalue weighted by molar-refractivity contribution is 0.0177. The third kappa shape index (κ3) is 10.7. The van der Waals surface area contributed by atoms with Crippen LogP contribution in [0.5, 0.6) is 0 Å². The maximum Gasteiger partial charge on any atom is 0.0480 e. The smallest absolute Gasteiger partial charge is 0.0480 e. The second kappa shape index (κ2) is 16.9. The lowest BCUT2D eigenvalue weighted by Crippen LogP contribution is -2.45. The van der Waals surface area contributed by atoms with Crippen LogP contribution in [-0.2, 0) is 4.74 Å². The van der Waals surface area contributed by atoms with E-state index in [0.29, 0.717) is 0 Å². The Morgan fingerprint density at radius 2 is 0.816 bits per heavy atom. The molecule has 4 heterocycles. The van der Waals surface area contributed by atoms with Crippen LogP contribution in [0, 0.1) is 35.5 Å². The molecule has 5 rings (SSSR count). The fourth-order valence-electron chi connectivity index (χ4n) is 7.40. The molecule has 0 aromatic heterocycles. The van der Waals surface area contributed by atoms with Gasteiger partial charge in [-0.1, -0.05) is 48.0 Å². The van der Waals surface area contributed by atoms with Gasteiger partial charge in [0, 0.05) is 25.3 Å². The van der Waals surface area contributed by atoms with Gasteiger partial charge in [0.2, 0.25) is 0 Å². The molecule has 1 saturated carbocycles. The molecule has 0 atom stereocenters. The Bertz CT molecular complexity index is 589. The molecule has 1 aliphatic carbocycles. The number of nitrogens with zero attached hydrogens (tertiary/aromatic N) is 3. The summed E-state index contributed by atoms with van der Waals surface area (Å²) < 4.78 is 5.42. The van der Waals surface area contributed by atoms with E-state index in [2.05, 4.69) is 63.3 Å². The Labute approximate surface area is 238 Å². The Balaban J connectivity index is 0.000000161. The first-order chi connectivity index (χ1) is 18.2. The van der Waals surface area contributed by atoms with Gasteiger partial charge in [0.25, 0.3) is 0 Å². The number of rotatable bonds is 5. The van der Waals surface area contributed by atoms with Crippen LogP contribution in [0.2, 0.25) is 0 Å².